The van der Waals surface area contributed by atoms with Gasteiger partial charge in [-0.25, -0.2) is 4.79 Å². The number of aromatic nitrogens is 1. The molecule has 194 valence electrons. The smallest absolute Gasteiger partial charge is 0.461 e. The quantitative estimate of drug-likeness (QED) is 0.252. The van der Waals surface area contributed by atoms with Gasteiger partial charge in [0.1, 0.15) is 5.69 Å². The first-order valence-corrected chi connectivity index (χ1v) is 15.8. The first-order valence-electron chi connectivity index (χ1n) is 12.5. The number of fused-ring (bicyclic) bond motifs is 1. The summed E-state index contributed by atoms with van der Waals surface area (Å²) in [7, 11) is -2.49. The average Bonchev–Trinajstić information content (AvgIpc) is 3.17. The van der Waals surface area contributed by atoms with E-state index in [2.05, 4.69) is 38.8 Å². The Morgan fingerprint density at radius 3 is 2.29 bits per heavy atom. The van der Waals surface area contributed by atoms with Crippen LogP contribution in [-0.4, -0.2) is 50.8 Å². The van der Waals surface area contributed by atoms with Gasteiger partial charge < -0.3 is 23.5 Å². The van der Waals surface area contributed by atoms with Gasteiger partial charge in [0.15, 0.2) is 8.32 Å². The summed E-state index contributed by atoms with van der Waals surface area (Å²) in [5.41, 5.74) is 1.80. The number of rotatable bonds is 8. The highest BCUT2D eigenvalue weighted by atomic mass is 35.5. The summed E-state index contributed by atoms with van der Waals surface area (Å²) in [6.07, 6.45) is 1.47. The van der Waals surface area contributed by atoms with Crippen LogP contribution in [0.4, 0.5) is 0 Å². The van der Waals surface area contributed by atoms with Gasteiger partial charge in [0.05, 0.1) is 17.8 Å². The number of esters is 1. The van der Waals surface area contributed by atoms with Gasteiger partial charge in [0, 0.05) is 28.0 Å². The Morgan fingerprint density at radius 2 is 1.74 bits per heavy atom. The summed E-state index contributed by atoms with van der Waals surface area (Å²) in [6, 6.07) is 3.80. The van der Waals surface area contributed by atoms with Crippen LogP contribution in [0.1, 0.15) is 77.9 Å². The Bertz CT molecular complexity index is 1070. The van der Waals surface area contributed by atoms with Crippen molar-refractivity contribution >= 4 is 49.4 Å². The van der Waals surface area contributed by atoms with E-state index in [0.29, 0.717) is 35.8 Å². The van der Waals surface area contributed by atoms with Gasteiger partial charge in [0.2, 0.25) is 0 Å². The van der Waals surface area contributed by atoms with E-state index in [-0.39, 0.29) is 11.0 Å². The number of carbonyl (C=O) groups excluding carboxylic acids is 1. The molecule has 9 heteroatoms. The average molecular weight is 522 g/mol. The van der Waals surface area contributed by atoms with Crippen molar-refractivity contribution in [1.29, 1.82) is 0 Å². The fraction of sp³-hybridized carbons (Fsp3) is 0.654. The number of ether oxygens (including phenoxy) is 1. The summed E-state index contributed by atoms with van der Waals surface area (Å²) < 4.78 is 24.4. The molecule has 6 nitrogen and oxygen atoms in total. The maximum atomic E-state index is 12.9. The molecule has 1 N–H and O–H groups in total. The van der Waals surface area contributed by atoms with Crippen molar-refractivity contribution in [2.45, 2.75) is 97.6 Å². The van der Waals surface area contributed by atoms with E-state index >= 15 is 0 Å². The van der Waals surface area contributed by atoms with Crippen LogP contribution < -0.4 is 5.46 Å². The van der Waals surface area contributed by atoms with Crippen LogP contribution in [0, 0.1) is 0 Å². The first kappa shape index (κ1) is 28.3. The number of nitrogens with one attached hydrogen (secondary N) is 1. The highest BCUT2D eigenvalue weighted by molar-refractivity contribution is 6.74. The lowest BCUT2D eigenvalue weighted by molar-refractivity contribution is 0.00578. The molecule has 0 unspecified atom stereocenters. The minimum absolute atomic E-state index is 0.151. The fourth-order valence-electron chi connectivity index (χ4n) is 3.94. The first-order chi connectivity index (χ1) is 16.0. The van der Waals surface area contributed by atoms with Gasteiger partial charge in [-0.2, -0.15) is 0 Å². The van der Waals surface area contributed by atoms with E-state index in [4.69, 9.17) is 30.1 Å². The van der Waals surface area contributed by atoms with Crippen molar-refractivity contribution in [1.82, 2.24) is 4.98 Å². The van der Waals surface area contributed by atoms with Crippen LogP contribution in [-0.2, 0) is 24.9 Å². The van der Waals surface area contributed by atoms with Crippen molar-refractivity contribution in [2.75, 3.05) is 13.2 Å². The van der Waals surface area contributed by atoms with Gasteiger partial charge in [-0.3, -0.25) is 0 Å². The molecule has 0 spiro atoms. The SMILES string of the molecule is CCOC(=O)c1[nH]c2c(B3OC(C)(C)C(C)(C)O3)c(Cl)ccc2c1CCCO[Si](C)(C)C(C)(C)C. The summed E-state index contributed by atoms with van der Waals surface area (Å²) in [5.74, 6) is -0.375. The second kappa shape index (κ2) is 9.86. The second-order valence-corrected chi connectivity index (χ2v) is 17.1. The number of aromatic amines is 1. The molecule has 2 heterocycles. The molecular formula is C26H41BClNO5Si. The van der Waals surface area contributed by atoms with Gasteiger partial charge in [-0.15, -0.1) is 0 Å². The molecule has 1 saturated heterocycles. The van der Waals surface area contributed by atoms with Gasteiger partial charge >= 0.3 is 13.1 Å². The number of halogens is 1. The highest BCUT2D eigenvalue weighted by Crippen LogP contribution is 2.39. The van der Waals surface area contributed by atoms with E-state index in [1.165, 1.54) is 0 Å². The van der Waals surface area contributed by atoms with Gasteiger partial charge in [-0.1, -0.05) is 38.4 Å². The van der Waals surface area contributed by atoms with Crippen molar-refractivity contribution in [3.8, 4) is 0 Å². The molecule has 0 saturated carbocycles. The lowest BCUT2D eigenvalue weighted by Crippen LogP contribution is -2.41. The largest absolute Gasteiger partial charge is 0.498 e. The van der Waals surface area contributed by atoms with Crippen LogP contribution in [0.25, 0.3) is 10.9 Å². The zero-order chi connectivity index (χ0) is 26.4. The Kier molecular flexibility index (Phi) is 7.96. The number of benzene rings is 1. The molecule has 0 amide bonds. The van der Waals surface area contributed by atoms with Crippen molar-refractivity contribution < 1.29 is 23.3 Å². The molecular weight excluding hydrogens is 481 g/mol. The number of aryl methyl sites for hydroxylation is 1. The molecule has 1 aliphatic rings. The lowest BCUT2D eigenvalue weighted by Gasteiger charge is -2.36. The molecule has 0 radical (unpaired) electrons. The van der Waals surface area contributed by atoms with E-state index in [0.717, 1.165) is 22.9 Å². The van der Waals surface area contributed by atoms with Crippen LogP contribution in [0.5, 0.6) is 0 Å². The predicted octanol–water partition coefficient (Wildman–Crippen LogP) is 6.25. The number of hydrogen-bond acceptors (Lipinski definition) is 5. The summed E-state index contributed by atoms with van der Waals surface area (Å²) in [5, 5.41) is 1.60. The molecule has 0 bridgehead atoms. The molecule has 2 aromatic rings. The van der Waals surface area contributed by atoms with Gasteiger partial charge in [0.25, 0.3) is 0 Å². The Morgan fingerprint density at radius 1 is 1.14 bits per heavy atom. The zero-order valence-corrected chi connectivity index (χ0v) is 24.7. The summed E-state index contributed by atoms with van der Waals surface area (Å²) >= 11 is 6.68. The van der Waals surface area contributed by atoms with Crippen LogP contribution >= 0.6 is 11.6 Å². The second-order valence-electron chi connectivity index (χ2n) is 11.9. The summed E-state index contributed by atoms with van der Waals surface area (Å²) in [6.45, 7) is 22.0. The Hall–Kier alpha value is -1.32. The third kappa shape index (κ3) is 5.52. The summed E-state index contributed by atoms with van der Waals surface area (Å²) in [4.78, 5) is 16.2. The van der Waals surface area contributed by atoms with Crippen LogP contribution in [0.2, 0.25) is 23.2 Å². The monoisotopic (exact) mass is 521 g/mol. The molecule has 3 rings (SSSR count). The normalized spacial score (nSPS) is 17.9. The maximum absolute atomic E-state index is 12.9. The fourth-order valence-corrected chi connectivity index (χ4v) is 5.27. The highest BCUT2D eigenvalue weighted by Gasteiger charge is 2.53. The van der Waals surface area contributed by atoms with Crippen molar-refractivity contribution in [3.05, 3.63) is 28.4 Å². The Balaban J connectivity index is 1.98. The standard InChI is InChI=1S/C26H41BClNO5Si/c1-11-31-23(30)22-17(13-12-16-32-35(9,10)24(2,3)4)18-14-15-19(28)20(21(18)29-22)27-33-25(5,6)26(7,8)34-27/h14-15,29H,11-13,16H2,1-10H3. The van der Waals surface area contributed by atoms with E-state index in [1.54, 1.807) is 6.92 Å². The third-order valence-electron chi connectivity index (χ3n) is 7.88. The zero-order valence-electron chi connectivity index (χ0n) is 23.0. The maximum Gasteiger partial charge on any atom is 0.498 e. The number of H-pyrrole nitrogens is 1. The van der Waals surface area contributed by atoms with Crippen molar-refractivity contribution in [2.24, 2.45) is 0 Å². The van der Waals surface area contributed by atoms with Gasteiger partial charge in [-0.05, 0) is 77.2 Å². The van der Waals surface area contributed by atoms with Crippen molar-refractivity contribution in [3.63, 3.8) is 0 Å². The van der Waals surface area contributed by atoms with E-state index in [9.17, 15) is 4.79 Å². The number of hydrogen-bond donors (Lipinski definition) is 1. The lowest BCUT2D eigenvalue weighted by atomic mass is 9.77. The Labute approximate surface area is 216 Å². The molecule has 0 atom stereocenters. The minimum atomic E-state index is -1.84. The number of carbonyl (C=O) groups is 1. The molecule has 1 aliphatic heterocycles. The molecule has 1 aromatic heterocycles. The minimum Gasteiger partial charge on any atom is -0.461 e. The van der Waals surface area contributed by atoms with E-state index < -0.39 is 26.6 Å². The molecule has 35 heavy (non-hydrogen) atoms. The predicted molar refractivity (Wildman–Crippen MR) is 146 cm³/mol. The van der Waals surface area contributed by atoms with E-state index in [1.807, 2.05) is 39.8 Å². The topological polar surface area (TPSA) is 69.8 Å². The van der Waals surface area contributed by atoms with Crippen LogP contribution in [0.3, 0.4) is 0 Å². The molecule has 1 fully saturated rings. The third-order valence-corrected chi connectivity index (χ3v) is 12.7. The molecule has 0 aliphatic carbocycles. The van der Waals surface area contributed by atoms with Crippen LogP contribution in [0.15, 0.2) is 12.1 Å². The molecule has 1 aromatic carbocycles.